The Labute approximate surface area is 125 Å². The van der Waals surface area contributed by atoms with Crippen molar-refractivity contribution in [3.05, 3.63) is 27.6 Å². The van der Waals surface area contributed by atoms with E-state index in [9.17, 15) is 0 Å². The van der Waals surface area contributed by atoms with Crippen LogP contribution in [0.15, 0.2) is 12.1 Å². The zero-order valence-electron chi connectivity index (χ0n) is 12.9. The van der Waals surface area contributed by atoms with Gasteiger partial charge in [0.1, 0.15) is 5.82 Å². The van der Waals surface area contributed by atoms with E-state index in [0.717, 1.165) is 23.6 Å². The maximum atomic E-state index is 6.14. The highest BCUT2D eigenvalue weighted by molar-refractivity contribution is 7.11. The molecule has 0 bridgehead atoms. The summed E-state index contributed by atoms with van der Waals surface area (Å²) >= 11 is 1.85. The van der Waals surface area contributed by atoms with Crippen LogP contribution in [0, 0.1) is 13.8 Å². The Morgan fingerprint density at radius 1 is 1.30 bits per heavy atom. The van der Waals surface area contributed by atoms with E-state index in [1.165, 1.54) is 9.75 Å². The Hall–Kier alpha value is -1.49. The van der Waals surface area contributed by atoms with Gasteiger partial charge in [-0.05, 0) is 46.8 Å². The third-order valence-corrected chi connectivity index (χ3v) is 4.33. The van der Waals surface area contributed by atoms with Crippen LogP contribution in [0.4, 0.5) is 11.5 Å². The van der Waals surface area contributed by atoms with Gasteiger partial charge in [0.15, 0.2) is 0 Å². The highest BCUT2D eigenvalue weighted by Crippen LogP contribution is 2.27. The molecule has 1 unspecified atom stereocenters. The lowest BCUT2D eigenvalue weighted by Gasteiger charge is -2.18. The van der Waals surface area contributed by atoms with Gasteiger partial charge in [-0.1, -0.05) is 0 Å². The monoisotopic (exact) mass is 292 g/mol. The molecule has 2 aromatic rings. The van der Waals surface area contributed by atoms with Gasteiger partial charge in [-0.25, -0.2) is 4.68 Å². The molecule has 0 fully saturated rings. The smallest absolute Gasteiger partial charge is 0.148 e. The van der Waals surface area contributed by atoms with Crippen molar-refractivity contribution in [2.24, 2.45) is 0 Å². The molecule has 2 aromatic heterocycles. The Bertz CT molecular complexity index is 583. The first-order chi connectivity index (χ1) is 9.38. The minimum absolute atomic E-state index is 0.296. The van der Waals surface area contributed by atoms with Crippen molar-refractivity contribution in [1.29, 1.82) is 0 Å². The number of hydrogen-bond acceptors (Lipinski definition) is 4. The van der Waals surface area contributed by atoms with E-state index < -0.39 is 0 Å². The maximum Gasteiger partial charge on any atom is 0.148 e. The van der Waals surface area contributed by atoms with Crippen molar-refractivity contribution >= 4 is 22.8 Å². The molecule has 0 spiro atoms. The predicted octanol–water partition coefficient (Wildman–Crippen LogP) is 3.77. The van der Waals surface area contributed by atoms with Crippen molar-refractivity contribution in [1.82, 2.24) is 9.78 Å². The van der Waals surface area contributed by atoms with Gasteiger partial charge in [-0.15, -0.1) is 11.3 Å². The highest BCUT2D eigenvalue weighted by atomic mass is 32.1. The molecule has 2 rings (SSSR count). The fourth-order valence-corrected chi connectivity index (χ4v) is 3.28. The summed E-state index contributed by atoms with van der Waals surface area (Å²) < 4.78 is 1.97. The van der Waals surface area contributed by atoms with Gasteiger partial charge in [-0.3, -0.25) is 0 Å². The molecule has 2 heterocycles. The summed E-state index contributed by atoms with van der Waals surface area (Å²) in [6.45, 7) is 10.5. The van der Waals surface area contributed by atoms with Crippen LogP contribution in [0.5, 0.6) is 0 Å². The van der Waals surface area contributed by atoms with Gasteiger partial charge in [-0.2, -0.15) is 5.10 Å². The van der Waals surface area contributed by atoms with E-state index in [1.54, 1.807) is 0 Å². The van der Waals surface area contributed by atoms with Crippen molar-refractivity contribution in [2.45, 2.75) is 53.1 Å². The van der Waals surface area contributed by atoms with E-state index >= 15 is 0 Å². The first kappa shape index (κ1) is 14.9. The second kappa shape index (κ2) is 5.87. The third-order valence-electron chi connectivity index (χ3n) is 3.31. The second-order valence-corrected chi connectivity index (χ2v) is 7.02. The lowest BCUT2D eigenvalue weighted by molar-refractivity contribution is 0.531. The average Bonchev–Trinajstić information content (AvgIpc) is 2.88. The summed E-state index contributed by atoms with van der Waals surface area (Å²) in [5.74, 6) is 0.943. The molecule has 0 saturated carbocycles. The molecule has 0 amide bonds. The summed E-state index contributed by atoms with van der Waals surface area (Å²) in [5.41, 5.74) is 7.79. The molecule has 0 aliphatic rings. The van der Waals surface area contributed by atoms with Crippen molar-refractivity contribution in [2.75, 3.05) is 11.1 Å². The Kier molecular flexibility index (Phi) is 4.38. The van der Waals surface area contributed by atoms with E-state index in [4.69, 9.17) is 5.73 Å². The SMILES string of the molecule is Cc1ccc(CC(C)Nc2c(N)c(C)nn2C(C)C)s1. The predicted molar refractivity (Wildman–Crippen MR) is 87.6 cm³/mol. The number of thiophene rings is 1. The minimum atomic E-state index is 0.296. The molecule has 0 aliphatic heterocycles. The number of hydrogen-bond donors (Lipinski definition) is 2. The first-order valence-corrected chi connectivity index (χ1v) is 7.86. The largest absolute Gasteiger partial charge is 0.394 e. The number of nitrogens with zero attached hydrogens (tertiary/aromatic N) is 2. The lowest BCUT2D eigenvalue weighted by atomic mass is 10.2. The lowest BCUT2D eigenvalue weighted by Crippen LogP contribution is -2.21. The Balaban J connectivity index is 2.13. The number of aromatic nitrogens is 2. The third kappa shape index (κ3) is 3.15. The molecular formula is C15H24N4S. The van der Waals surface area contributed by atoms with Gasteiger partial charge >= 0.3 is 0 Å². The number of nitrogens with two attached hydrogens (primary N) is 1. The van der Waals surface area contributed by atoms with Gasteiger partial charge in [0.25, 0.3) is 0 Å². The Morgan fingerprint density at radius 3 is 2.55 bits per heavy atom. The summed E-state index contributed by atoms with van der Waals surface area (Å²) in [4.78, 5) is 2.75. The van der Waals surface area contributed by atoms with Crippen molar-refractivity contribution in [3.63, 3.8) is 0 Å². The normalized spacial score (nSPS) is 12.9. The molecule has 20 heavy (non-hydrogen) atoms. The van der Waals surface area contributed by atoms with Gasteiger partial charge in [0, 0.05) is 28.3 Å². The fourth-order valence-electron chi connectivity index (χ4n) is 2.26. The topological polar surface area (TPSA) is 55.9 Å². The summed E-state index contributed by atoms with van der Waals surface area (Å²) in [6, 6.07) is 4.99. The molecule has 0 aromatic carbocycles. The summed E-state index contributed by atoms with van der Waals surface area (Å²) in [6.07, 6.45) is 1.00. The maximum absolute atomic E-state index is 6.14. The number of nitrogens with one attached hydrogen (secondary N) is 1. The van der Waals surface area contributed by atoms with Crippen LogP contribution < -0.4 is 11.1 Å². The summed E-state index contributed by atoms with van der Waals surface area (Å²) in [7, 11) is 0. The second-order valence-electron chi connectivity index (χ2n) is 5.65. The van der Waals surface area contributed by atoms with Crippen LogP contribution >= 0.6 is 11.3 Å². The van der Waals surface area contributed by atoms with Gasteiger partial charge in [0.05, 0.1) is 11.4 Å². The molecule has 0 aliphatic carbocycles. The molecule has 0 saturated heterocycles. The van der Waals surface area contributed by atoms with Crippen LogP contribution in [0.2, 0.25) is 0 Å². The first-order valence-electron chi connectivity index (χ1n) is 7.05. The molecule has 3 N–H and O–H groups in total. The molecule has 110 valence electrons. The number of nitrogen functional groups attached to an aromatic ring is 1. The van der Waals surface area contributed by atoms with Crippen LogP contribution in [-0.4, -0.2) is 15.8 Å². The quantitative estimate of drug-likeness (QED) is 0.882. The minimum Gasteiger partial charge on any atom is -0.394 e. The van der Waals surface area contributed by atoms with Crippen molar-refractivity contribution in [3.8, 4) is 0 Å². The zero-order chi connectivity index (χ0) is 14.9. The van der Waals surface area contributed by atoms with Gasteiger partial charge in [0.2, 0.25) is 0 Å². The molecule has 0 radical (unpaired) electrons. The van der Waals surface area contributed by atoms with Crippen molar-refractivity contribution < 1.29 is 0 Å². The average molecular weight is 292 g/mol. The van der Waals surface area contributed by atoms with Gasteiger partial charge < -0.3 is 11.1 Å². The number of rotatable bonds is 5. The zero-order valence-corrected chi connectivity index (χ0v) is 13.7. The standard InChI is InChI=1S/C15H24N4S/c1-9(2)19-15(14(16)12(5)18-19)17-10(3)8-13-7-6-11(4)20-13/h6-7,9-10,17H,8,16H2,1-5H3. The molecule has 4 nitrogen and oxygen atoms in total. The molecular weight excluding hydrogens is 268 g/mol. The van der Waals surface area contributed by atoms with E-state index in [-0.39, 0.29) is 0 Å². The van der Waals surface area contributed by atoms with E-state index in [2.05, 4.69) is 50.2 Å². The highest BCUT2D eigenvalue weighted by Gasteiger charge is 2.16. The van der Waals surface area contributed by atoms with Crippen LogP contribution in [0.1, 0.15) is 42.3 Å². The molecule has 5 heteroatoms. The van der Waals surface area contributed by atoms with Crippen LogP contribution in [0.3, 0.4) is 0 Å². The van der Waals surface area contributed by atoms with Crippen LogP contribution in [-0.2, 0) is 6.42 Å². The van der Waals surface area contributed by atoms with E-state index in [1.807, 2.05) is 22.9 Å². The number of anilines is 2. The summed E-state index contributed by atoms with van der Waals surface area (Å²) in [5, 5.41) is 8.03. The molecule has 1 atom stereocenters. The fraction of sp³-hybridized carbons (Fsp3) is 0.533. The number of aryl methyl sites for hydroxylation is 2. The van der Waals surface area contributed by atoms with E-state index in [0.29, 0.717) is 12.1 Å². The van der Waals surface area contributed by atoms with Crippen LogP contribution in [0.25, 0.3) is 0 Å². The Morgan fingerprint density at radius 2 is 2.00 bits per heavy atom.